The SMILES string of the molecule is Cc1ccc(S(=O)(=O)N2CCCN(C(=O)c3nn(CC(C)C)c(=O)c4ccccc34)CC2)cc1. The maximum Gasteiger partial charge on any atom is 0.274 e. The van der Waals surface area contributed by atoms with Crippen LogP contribution in [0.2, 0.25) is 0 Å². The number of aromatic nitrogens is 2. The highest BCUT2D eigenvalue weighted by Crippen LogP contribution is 2.20. The molecule has 1 saturated heterocycles. The van der Waals surface area contributed by atoms with E-state index in [1.807, 2.05) is 20.8 Å². The quantitative estimate of drug-likeness (QED) is 0.558. The molecule has 0 spiro atoms. The van der Waals surface area contributed by atoms with E-state index in [0.29, 0.717) is 36.8 Å². The first kappa shape index (κ1) is 24.1. The minimum atomic E-state index is -3.64. The summed E-state index contributed by atoms with van der Waals surface area (Å²) in [5.41, 5.74) is 1.00. The number of amides is 1. The Labute approximate surface area is 199 Å². The molecule has 2 aromatic carbocycles. The Bertz CT molecular complexity index is 1360. The zero-order valence-electron chi connectivity index (χ0n) is 19.8. The molecule has 1 aliphatic rings. The highest BCUT2D eigenvalue weighted by molar-refractivity contribution is 7.89. The van der Waals surface area contributed by atoms with Gasteiger partial charge in [-0.25, -0.2) is 13.1 Å². The van der Waals surface area contributed by atoms with Gasteiger partial charge in [0, 0.05) is 38.1 Å². The number of carbonyl (C=O) groups is 1. The van der Waals surface area contributed by atoms with Crippen LogP contribution in [-0.4, -0.2) is 59.5 Å². The lowest BCUT2D eigenvalue weighted by Crippen LogP contribution is -2.38. The van der Waals surface area contributed by atoms with E-state index >= 15 is 0 Å². The highest BCUT2D eigenvalue weighted by atomic mass is 32.2. The summed E-state index contributed by atoms with van der Waals surface area (Å²) in [6.45, 7) is 7.50. The number of rotatable bonds is 5. The number of fused-ring (bicyclic) bond motifs is 1. The van der Waals surface area contributed by atoms with Crippen molar-refractivity contribution < 1.29 is 13.2 Å². The van der Waals surface area contributed by atoms with Gasteiger partial charge in [0.25, 0.3) is 11.5 Å². The van der Waals surface area contributed by atoms with Crippen molar-refractivity contribution >= 4 is 26.7 Å². The average molecular weight is 483 g/mol. The Balaban J connectivity index is 1.62. The van der Waals surface area contributed by atoms with Crippen LogP contribution in [0.5, 0.6) is 0 Å². The van der Waals surface area contributed by atoms with E-state index < -0.39 is 10.0 Å². The second-order valence-corrected chi connectivity index (χ2v) is 11.1. The van der Waals surface area contributed by atoms with E-state index in [1.165, 1.54) is 8.99 Å². The van der Waals surface area contributed by atoms with Gasteiger partial charge in [0.1, 0.15) is 0 Å². The van der Waals surface area contributed by atoms with Crippen LogP contribution in [0.15, 0.2) is 58.2 Å². The van der Waals surface area contributed by atoms with Crippen molar-refractivity contribution in [1.82, 2.24) is 19.0 Å². The number of sulfonamides is 1. The van der Waals surface area contributed by atoms with Crippen molar-refractivity contribution in [2.24, 2.45) is 5.92 Å². The molecule has 0 N–H and O–H groups in total. The summed E-state index contributed by atoms with van der Waals surface area (Å²) in [4.78, 5) is 28.3. The van der Waals surface area contributed by atoms with Crippen LogP contribution in [-0.2, 0) is 16.6 Å². The summed E-state index contributed by atoms with van der Waals surface area (Å²) in [6.07, 6.45) is 0.514. The Morgan fingerprint density at radius 1 is 0.971 bits per heavy atom. The van der Waals surface area contributed by atoms with Crippen molar-refractivity contribution in [3.05, 3.63) is 70.1 Å². The van der Waals surface area contributed by atoms with Gasteiger partial charge in [-0.3, -0.25) is 9.59 Å². The second-order valence-electron chi connectivity index (χ2n) is 9.14. The Morgan fingerprint density at radius 3 is 2.32 bits per heavy atom. The summed E-state index contributed by atoms with van der Waals surface area (Å²) >= 11 is 0. The van der Waals surface area contributed by atoms with Gasteiger partial charge in [-0.15, -0.1) is 0 Å². The van der Waals surface area contributed by atoms with E-state index in [-0.39, 0.29) is 41.1 Å². The van der Waals surface area contributed by atoms with Crippen LogP contribution in [0.3, 0.4) is 0 Å². The molecule has 9 heteroatoms. The Kier molecular flexibility index (Phi) is 6.86. The molecule has 0 bridgehead atoms. The number of carbonyl (C=O) groups excluding carboxylic acids is 1. The normalized spacial score (nSPS) is 15.6. The van der Waals surface area contributed by atoms with Gasteiger partial charge in [-0.05, 0) is 37.5 Å². The molecule has 3 aromatic rings. The molecule has 0 aliphatic carbocycles. The number of nitrogens with zero attached hydrogens (tertiary/aromatic N) is 4. The van der Waals surface area contributed by atoms with Crippen LogP contribution in [0.25, 0.3) is 10.8 Å². The smallest absolute Gasteiger partial charge is 0.274 e. The fraction of sp³-hybridized carbons (Fsp3) is 0.400. The van der Waals surface area contributed by atoms with Gasteiger partial charge in [0.15, 0.2) is 5.69 Å². The summed E-state index contributed by atoms with van der Waals surface area (Å²) in [7, 11) is -3.64. The molecule has 1 aromatic heterocycles. The summed E-state index contributed by atoms with van der Waals surface area (Å²) < 4.78 is 29.1. The summed E-state index contributed by atoms with van der Waals surface area (Å²) in [5, 5.41) is 5.43. The van der Waals surface area contributed by atoms with Crippen LogP contribution in [0, 0.1) is 12.8 Å². The van der Waals surface area contributed by atoms with Crippen molar-refractivity contribution in [1.29, 1.82) is 0 Å². The number of hydrogen-bond donors (Lipinski definition) is 0. The van der Waals surface area contributed by atoms with Crippen molar-refractivity contribution in [3.63, 3.8) is 0 Å². The van der Waals surface area contributed by atoms with E-state index in [2.05, 4.69) is 5.10 Å². The molecule has 0 unspecified atom stereocenters. The Morgan fingerprint density at radius 2 is 1.65 bits per heavy atom. The largest absolute Gasteiger partial charge is 0.336 e. The van der Waals surface area contributed by atoms with E-state index in [0.717, 1.165) is 5.56 Å². The molecule has 4 rings (SSSR count). The third-order valence-corrected chi connectivity index (χ3v) is 7.92. The first-order valence-electron chi connectivity index (χ1n) is 11.5. The van der Waals surface area contributed by atoms with Gasteiger partial charge in [0.2, 0.25) is 10.0 Å². The Hall–Kier alpha value is -3.04. The topological polar surface area (TPSA) is 92.6 Å². The molecule has 1 amide bonds. The standard InChI is InChI=1S/C25H30N4O4S/c1-18(2)17-29-24(30)22-8-5-4-7-21(22)23(26-29)25(31)27-13-6-14-28(16-15-27)34(32,33)20-11-9-19(3)10-12-20/h4-5,7-12,18H,6,13-17H2,1-3H3. The minimum Gasteiger partial charge on any atom is -0.336 e. The van der Waals surface area contributed by atoms with Gasteiger partial charge >= 0.3 is 0 Å². The maximum absolute atomic E-state index is 13.6. The van der Waals surface area contributed by atoms with Crippen LogP contribution < -0.4 is 5.56 Å². The molecule has 1 aliphatic heterocycles. The molecule has 180 valence electrons. The van der Waals surface area contributed by atoms with Gasteiger partial charge in [-0.1, -0.05) is 49.7 Å². The van der Waals surface area contributed by atoms with E-state index in [4.69, 9.17) is 0 Å². The van der Waals surface area contributed by atoms with Crippen molar-refractivity contribution in [3.8, 4) is 0 Å². The summed E-state index contributed by atoms with van der Waals surface area (Å²) in [6, 6.07) is 13.8. The van der Waals surface area contributed by atoms with Crippen molar-refractivity contribution in [2.75, 3.05) is 26.2 Å². The molecule has 2 heterocycles. The van der Waals surface area contributed by atoms with Gasteiger partial charge in [0.05, 0.1) is 10.3 Å². The fourth-order valence-corrected chi connectivity index (χ4v) is 5.68. The lowest BCUT2D eigenvalue weighted by Gasteiger charge is -2.22. The van der Waals surface area contributed by atoms with Crippen LogP contribution in [0.1, 0.15) is 36.3 Å². The van der Waals surface area contributed by atoms with E-state index in [9.17, 15) is 18.0 Å². The number of hydrogen-bond acceptors (Lipinski definition) is 5. The average Bonchev–Trinajstić information content (AvgIpc) is 3.07. The molecule has 34 heavy (non-hydrogen) atoms. The van der Waals surface area contributed by atoms with Crippen LogP contribution in [0.4, 0.5) is 0 Å². The maximum atomic E-state index is 13.6. The third-order valence-electron chi connectivity index (χ3n) is 6.01. The van der Waals surface area contributed by atoms with Crippen LogP contribution >= 0.6 is 0 Å². The highest BCUT2D eigenvalue weighted by Gasteiger charge is 2.30. The molecule has 1 fully saturated rings. The van der Waals surface area contributed by atoms with Gasteiger partial charge in [-0.2, -0.15) is 9.40 Å². The zero-order valence-corrected chi connectivity index (χ0v) is 20.6. The monoisotopic (exact) mass is 482 g/mol. The fourth-order valence-electron chi connectivity index (χ4n) is 4.21. The second kappa shape index (κ2) is 9.68. The molecular weight excluding hydrogens is 452 g/mol. The first-order chi connectivity index (χ1) is 16.2. The molecule has 0 radical (unpaired) electrons. The molecule has 0 saturated carbocycles. The van der Waals surface area contributed by atoms with Gasteiger partial charge < -0.3 is 4.90 Å². The minimum absolute atomic E-state index is 0.188. The number of aryl methyl sites for hydroxylation is 1. The first-order valence-corrected chi connectivity index (χ1v) is 13.0. The molecule has 8 nitrogen and oxygen atoms in total. The molecule has 0 atom stereocenters. The van der Waals surface area contributed by atoms with Crippen molar-refractivity contribution in [2.45, 2.75) is 38.6 Å². The predicted octanol–water partition coefficient (Wildman–Crippen LogP) is 2.90. The molecular formula is C25H30N4O4S. The van der Waals surface area contributed by atoms with E-state index in [1.54, 1.807) is 53.4 Å². The lowest BCUT2D eigenvalue weighted by molar-refractivity contribution is 0.0757. The number of benzene rings is 2. The zero-order chi connectivity index (χ0) is 24.5. The third kappa shape index (κ3) is 4.76. The summed E-state index contributed by atoms with van der Waals surface area (Å²) in [5.74, 6) is -0.101. The predicted molar refractivity (Wildman–Crippen MR) is 131 cm³/mol. The lowest BCUT2D eigenvalue weighted by atomic mass is 10.1.